The summed E-state index contributed by atoms with van der Waals surface area (Å²) in [6.45, 7) is 0.410. The van der Waals surface area contributed by atoms with E-state index in [0.717, 1.165) is 19.3 Å². The van der Waals surface area contributed by atoms with Gasteiger partial charge < -0.3 is 0 Å². The van der Waals surface area contributed by atoms with E-state index in [2.05, 4.69) is 4.72 Å². The molecule has 2 rings (SSSR count). The zero-order valence-electron chi connectivity index (χ0n) is 11.0. The van der Waals surface area contributed by atoms with Crippen molar-refractivity contribution in [3.05, 3.63) is 28.8 Å². The third-order valence-corrected chi connectivity index (χ3v) is 6.94. The lowest BCUT2D eigenvalue weighted by Crippen LogP contribution is -2.45. The summed E-state index contributed by atoms with van der Waals surface area (Å²) in [4.78, 5) is 0.0220. The Morgan fingerprint density at radius 2 is 2.20 bits per heavy atom. The number of halogens is 1. The van der Waals surface area contributed by atoms with Gasteiger partial charge in [0.05, 0.1) is 16.7 Å². The van der Waals surface area contributed by atoms with Crippen LogP contribution in [0.4, 0.5) is 0 Å². The highest BCUT2D eigenvalue weighted by molar-refractivity contribution is 8.00. The molecule has 1 aromatic rings. The van der Waals surface area contributed by atoms with Gasteiger partial charge in [0.15, 0.2) is 0 Å². The fourth-order valence-electron chi connectivity index (χ4n) is 2.12. The first-order valence-electron chi connectivity index (χ1n) is 6.17. The fraction of sp³-hybridized carbons (Fsp3) is 0.462. The molecule has 1 aliphatic carbocycles. The monoisotopic (exact) mass is 330 g/mol. The van der Waals surface area contributed by atoms with Crippen LogP contribution in [0.1, 0.15) is 24.8 Å². The molecule has 0 spiro atoms. The molecule has 1 aliphatic rings. The second-order valence-electron chi connectivity index (χ2n) is 4.82. The summed E-state index contributed by atoms with van der Waals surface area (Å²) in [5.74, 6) is 0. The summed E-state index contributed by atoms with van der Waals surface area (Å²) in [7, 11) is -3.64. The number of nitrogens with zero attached hydrogens (tertiary/aromatic N) is 1. The van der Waals surface area contributed by atoms with Gasteiger partial charge >= 0.3 is 0 Å². The minimum absolute atomic E-state index is 0.0200. The van der Waals surface area contributed by atoms with Crippen molar-refractivity contribution in [2.45, 2.75) is 28.9 Å². The molecule has 1 N–H and O–H groups in total. The quantitative estimate of drug-likeness (QED) is 0.901. The van der Waals surface area contributed by atoms with E-state index in [1.807, 2.05) is 12.3 Å². The molecule has 0 heterocycles. The number of benzene rings is 1. The smallest absolute Gasteiger partial charge is 0.210 e. The van der Waals surface area contributed by atoms with Gasteiger partial charge in [-0.3, -0.25) is 0 Å². The van der Waals surface area contributed by atoms with Crippen molar-refractivity contribution in [2.75, 3.05) is 12.8 Å². The van der Waals surface area contributed by atoms with Crippen LogP contribution in [0.3, 0.4) is 0 Å². The fourth-order valence-corrected chi connectivity index (χ4v) is 4.79. The van der Waals surface area contributed by atoms with Gasteiger partial charge in [0.1, 0.15) is 4.90 Å². The van der Waals surface area contributed by atoms with Crippen LogP contribution in [0.15, 0.2) is 23.1 Å². The van der Waals surface area contributed by atoms with Crippen LogP contribution in [0, 0.1) is 11.3 Å². The van der Waals surface area contributed by atoms with E-state index >= 15 is 0 Å². The molecule has 0 unspecified atom stereocenters. The molecule has 0 aromatic heterocycles. The third-order valence-electron chi connectivity index (χ3n) is 3.63. The summed E-state index contributed by atoms with van der Waals surface area (Å²) in [6.07, 6.45) is 5.19. The lowest BCUT2D eigenvalue weighted by molar-refractivity contribution is 0.362. The highest BCUT2D eigenvalue weighted by Gasteiger charge is 2.37. The van der Waals surface area contributed by atoms with Crippen LogP contribution in [-0.2, 0) is 10.0 Å². The minimum Gasteiger partial charge on any atom is -0.210 e. The predicted molar refractivity (Wildman–Crippen MR) is 81.5 cm³/mol. The standard InChI is InChI=1S/C13H15ClN2O2S2/c1-19-13(5-2-6-13)9-16-20(17,18)12-4-3-10(8-15)7-11(12)14/h3-4,7,16H,2,5-6,9H2,1H3. The minimum atomic E-state index is -3.64. The van der Waals surface area contributed by atoms with Gasteiger partial charge in [-0.1, -0.05) is 18.0 Å². The van der Waals surface area contributed by atoms with Gasteiger partial charge in [0, 0.05) is 11.3 Å². The average molecular weight is 331 g/mol. The Labute approximate surface area is 128 Å². The van der Waals surface area contributed by atoms with Crippen molar-refractivity contribution in [3.63, 3.8) is 0 Å². The van der Waals surface area contributed by atoms with Crippen LogP contribution in [0.5, 0.6) is 0 Å². The van der Waals surface area contributed by atoms with Gasteiger partial charge in [-0.2, -0.15) is 17.0 Å². The maximum Gasteiger partial charge on any atom is 0.242 e. The summed E-state index contributed by atoms with van der Waals surface area (Å²) in [5.41, 5.74) is 0.341. The predicted octanol–water partition coefficient (Wildman–Crippen LogP) is 2.78. The first-order chi connectivity index (χ1) is 9.42. The number of nitrogens with one attached hydrogen (secondary N) is 1. The molecule has 0 aliphatic heterocycles. The third kappa shape index (κ3) is 3.12. The normalized spacial score (nSPS) is 17.2. The molecule has 0 saturated heterocycles. The van der Waals surface area contributed by atoms with E-state index in [4.69, 9.17) is 16.9 Å². The maximum absolute atomic E-state index is 12.3. The lowest BCUT2D eigenvalue weighted by atomic mass is 9.84. The molecule has 0 atom stereocenters. The molecule has 0 bridgehead atoms. The Kier molecular flexibility index (Phi) is 4.65. The molecule has 4 nitrogen and oxygen atoms in total. The Morgan fingerprint density at radius 3 is 2.65 bits per heavy atom. The number of rotatable bonds is 5. The van der Waals surface area contributed by atoms with Crippen molar-refractivity contribution < 1.29 is 8.42 Å². The van der Waals surface area contributed by atoms with Crippen molar-refractivity contribution >= 4 is 33.4 Å². The first-order valence-corrected chi connectivity index (χ1v) is 9.25. The number of hydrogen-bond acceptors (Lipinski definition) is 4. The second kappa shape index (κ2) is 5.94. The highest BCUT2D eigenvalue weighted by Crippen LogP contribution is 2.42. The summed E-state index contributed by atoms with van der Waals surface area (Å²) < 4.78 is 27.2. The van der Waals surface area contributed by atoms with Gasteiger partial charge in [-0.25, -0.2) is 13.1 Å². The van der Waals surface area contributed by atoms with E-state index in [9.17, 15) is 8.42 Å². The van der Waals surface area contributed by atoms with Gasteiger partial charge in [-0.05, 0) is 37.3 Å². The van der Waals surface area contributed by atoms with Crippen molar-refractivity contribution in [2.24, 2.45) is 0 Å². The molecule has 1 saturated carbocycles. The Balaban J connectivity index is 2.17. The average Bonchev–Trinajstić information content (AvgIpc) is 2.37. The molecular weight excluding hydrogens is 316 g/mol. The van der Waals surface area contributed by atoms with Crippen LogP contribution >= 0.6 is 23.4 Å². The summed E-state index contributed by atoms with van der Waals surface area (Å²) in [6, 6.07) is 6.12. The van der Waals surface area contributed by atoms with E-state index in [0.29, 0.717) is 12.1 Å². The maximum atomic E-state index is 12.3. The Morgan fingerprint density at radius 1 is 1.50 bits per heavy atom. The number of hydrogen-bond donors (Lipinski definition) is 1. The molecular formula is C13H15ClN2O2S2. The van der Waals surface area contributed by atoms with E-state index in [1.54, 1.807) is 11.8 Å². The topological polar surface area (TPSA) is 70.0 Å². The molecule has 1 aromatic carbocycles. The van der Waals surface area contributed by atoms with E-state index < -0.39 is 10.0 Å². The Bertz CT molecular complexity index is 643. The van der Waals surface area contributed by atoms with Crippen molar-refractivity contribution in [1.82, 2.24) is 4.72 Å². The first kappa shape index (κ1) is 15.6. The molecule has 0 radical (unpaired) electrons. The molecule has 20 heavy (non-hydrogen) atoms. The van der Waals surface area contributed by atoms with Crippen LogP contribution in [0.25, 0.3) is 0 Å². The van der Waals surface area contributed by atoms with Crippen LogP contribution < -0.4 is 4.72 Å². The SMILES string of the molecule is CSC1(CNS(=O)(=O)c2ccc(C#N)cc2Cl)CCC1. The largest absolute Gasteiger partial charge is 0.242 e. The van der Waals surface area contributed by atoms with Crippen molar-refractivity contribution in [3.8, 4) is 6.07 Å². The molecule has 0 amide bonds. The highest BCUT2D eigenvalue weighted by atomic mass is 35.5. The second-order valence-corrected chi connectivity index (χ2v) is 8.24. The number of nitriles is 1. The van der Waals surface area contributed by atoms with E-state index in [-0.39, 0.29) is 14.7 Å². The number of sulfonamides is 1. The van der Waals surface area contributed by atoms with Gasteiger partial charge in [-0.15, -0.1) is 0 Å². The summed E-state index contributed by atoms with van der Waals surface area (Å²) >= 11 is 7.65. The summed E-state index contributed by atoms with van der Waals surface area (Å²) in [5, 5.41) is 8.83. The van der Waals surface area contributed by atoms with Crippen LogP contribution in [0.2, 0.25) is 5.02 Å². The molecule has 7 heteroatoms. The zero-order chi connectivity index (χ0) is 14.8. The molecule has 108 valence electrons. The van der Waals surface area contributed by atoms with Gasteiger partial charge in [0.2, 0.25) is 10.0 Å². The van der Waals surface area contributed by atoms with Crippen molar-refractivity contribution in [1.29, 1.82) is 5.26 Å². The van der Waals surface area contributed by atoms with E-state index in [1.165, 1.54) is 18.2 Å². The zero-order valence-corrected chi connectivity index (χ0v) is 13.4. The Hall–Kier alpha value is -0.740. The molecule has 1 fully saturated rings. The van der Waals surface area contributed by atoms with Gasteiger partial charge in [0.25, 0.3) is 0 Å². The van der Waals surface area contributed by atoms with Crippen LogP contribution in [-0.4, -0.2) is 26.0 Å². The number of thioether (sulfide) groups is 1. The lowest BCUT2D eigenvalue weighted by Gasteiger charge is -2.40.